The monoisotopic (exact) mass is 375 g/mol. The van der Waals surface area contributed by atoms with Crippen LogP contribution < -0.4 is 10.9 Å². The van der Waals surface area contributed by atoms with Gasteiger partial charge in [0, 0.05) is 25.4 Å². The second-order valence-electron chi connectivity index (χ2n) is 7.07. The van der Waals surface area contributed by atoms with E-state index in [0.717, 1.165) is 11.9 Å². The van der Waals surface area contributed by atoms with Gasteiger partial charge in [0.2, 0.25) is 11.7 Å². The van der Waals surface area contributed by atoms with Crippen molar-refractivity contribution in [2.75, 3.05) is 0 Å². The van der Waals surface area contributed by atoms with E-state index in [0.29, 0.717) is 41.6 Å². The standard InChI is InChI=1S/C18H25N5O2S/c1-5-12(4)19-15(24)7-6-14-20-21-18-22(10-11(2)3)17(25)16-13(23(14)18)8-9-26-16/h8-9,11-12H,5-7,10H2,1-4H3,(H,19,24)/t12-/m0/s1. The van der Waals surface area contributed by atoms with Crippen LogP contribution in [0.2, 0.25) is 0 Å². The maximum Gasteiger partial charge on any atom is 0.272 e. The molecule has 3 aromatic rings. The molecule has 1 N–H and O–H groups in total. The lowest BCUT2D eigenvalue weighted by atomic mass is 10.2. The van der Waals surface area contributed by atoms with Gasteiger partial charge in [0.15, 0.2) is 0 Å². The van der Waals surface area contributed by atoms with Crippen molar-refractivity contribution in [1.82, 2.24) is 24.5 Å². The summed E-state index contributed by atoms with van der Waals surface area (Å²) in [6.07, 6.45) is 1.73. The van der Waals surface area contributed by atoms with E-state index in [1.807, 2.05) is 29.7 Å². The molecule has 7 nitrogen and oxygen atoms in total. The summed E-state index contributed by atoms with van der Waals surface area (Å²) in [5.41, 5.74) is 0.794. The van der Waals surface area contributed by atoms with Crippen LogP contribution in [-0.2, 0) is 17.8 Å². The Hall–Kier alpha value is -2.22. The number of rotatable bonds is 7. The summed E-state index contributed by atoms with van der Waals surface area (Å²) in [7, 11) is 0. The quantitative estimate of drug-likeness (QED) is 0.688. The van der Waals surface area contributed by atoms with E-state index in [1.165, 1.54) is 11.3 Å². The Labute approximate surface area is 156 Å². The molecule has 0 fully saturated rings. The summed E-state index contributed by atoms with van der Waals surface area (Å²) in [5, 5.41) is 13.4. The lowest BCUT2D eigenvalue weighted by molar-refractivity contribution is -0.121. The molecule has 0 aliphatic carbocycles. The first kappa shape index (κ1) is 18.6. The van der Waals surface area contributed by atoms with E-state index < -0.39 is 0 Å². The number of thiophene rings is 1. The Kier molecular flexibility index (Phi) is 5.41. The molecule has 0 saturated heterocycles. The summed E-state index contributed by atoms with van der Waals surface area (Å²) in [6.45, 7) is 8.75. The summed E-state index contributed by atoms with van der Waals surface area (Å²) >= 11 is 1.43. The molecule has 140 valence electrons. The summed E-state index contributed by atoms with van der Waals surface area (Å²) in [5.74, 6) is 1.58. The maximum absolute atomic E-state index is 12.8. The average molecular weight is 375 g/mol. The van der Waals surface area contributed by atoms with Crippen LogP contribution in [0.25, 0.3) is 16.0 Å². The molecule has 0 radical (unpaired) electrons. The number of carbonyl (C=O) groups excluding carboxylic acids is 1. The Morgan fingerprint density at radius 3 is 2.77 bits per heavy atom. The first-order valence-electron chi connectivity index (χ1n) is 9.05. The number of aromatic nitrogens is 4. The van der Waals surface area contributed by atoms with Crippen LogP contribution in [0.1, 0.15) is 46.4 Å². The van der Waals surface area contributed by atoms with Gasteiger partial charge in [-0.25, -0.2) is 0 Å². The molecule has 0 saturated carbocycles. The van der Waals surface area contributed by atoms with Crippen molar-refractivity contribution in [3.05, 3.63) is 27.6 Å². The highest BCUT2D eigenvalue weighted by Gasteiger charge is 2.18. The van der Waals surface area contributed by atoms with Crippen LogP contribution in [0.15, 0.2) is 16.2 Å². The molecule has 3 heterocycles. The minimum atomic E-state index is -0.0235. The van der Waals surface area contributed by atoms with Crippen LogP contribution >= 0.6 is 11.3 Å². The van der Waals surface area contributed by atoms with Gasteiger partial charge < -0.3 is 5.32 Å². The van der Waals surface area contributed by atoms with E-state index in [1.54, 1.807) is 4.57 Å². The molecule has 0 aliphatic rings. The molecule has 26 heavy (non-hydrogen) atoms. The zero-order valence-corrected chi connectivity index (χ0v) is 16.5. The molecule has 1 atom stereocenters. The molecular formula is C18H25N5O2S. The van der Waals surface area contributed by atoms with Crippen molar-refractivity contribution in [2.24, 2.45) is 5.92 Å². The molecule has 0 unspecified atom stereocenters. The van der Waals surface area contributed by atoms with E-state index >= 15 is 0 Å². The largest absolute Gasteiger partial charge is 0.354 e. The van der Waals surface area contributed by atoms with Crippen LogP contribution in [0, 0.1) is 5.92 Å². The van der Waals surface area contributed by atoms with Crippen molar-refractivity contribution >= 4 is 33.2 Å². The predicted molar refractivity (Wildman–Crippen MR) is 104 cm³/mol. The molecule has 0 aromatic carbocycles. The number of aryl methyl sites for hydroxylation is 1. The van der Waals surface area contributed by atoms with Crippen molar-refractivity contribution in [3.63, 3.8) is 0 Å². The van der Waals surface area contributed by atoms with Gasteiger partial charge >= 0.3 is 0 Å². The van der Waals surface area contributed by atoms with Gasteiger partial charge in [-0.05, 0) is 30.7 Å². The van der Waals surface area contributed by atoms with Gasteiger partial charge in [-0.15, -0.1) is 21.5 Å². The fourth-order valence-corrected chi connectivity index (χ4v) is 3.77. The second kappa shape index (κ2) is 7.57. The highest BCUT2D eigenvalue weighted by atomic mass is 32.1. The zero-order valence-electron chi connectivity index (χ0n) is 15.7. The van der Waals surface area contributed by atoms with Crippen molar-refractivity contribution < 1.29 is 4.79 Å². The normalized spacial score (nSPS) is 13.0. The summed E-state index contributed by atoms with van der Waals surface area (Å²) in [6, 6.07) is 2.08. The minimum absolute atomic E-state index is 0.00756. The van der Waals surface area contributed by atoms with Crippen LogP contribution in [-0.4, -0.2) is 31.1 Å². The number of amides is 1. The highest BCUT2D eigenvalue weighted by Crippen LogP contribution is 2.20. The number of nitrogens with one attached hydrogen (secondary N) is 1. The SMILES string of the molecule is CC[C@H](C)NC(=O)CCc1nnc2n(CC(C)C)c(=O)c3sccc3n12. The molecule has 3 rings (SSSR count). The van der Waals surface area contributed by atoms with Gasteiger partial charge in [-0.2, -0.15) is 0 Å². The smallest absolute Gasteiger partial charge is 0.272 e. The third-order valence-corrected chi connectivity index (χ3v) is 5.31. The van der Waals surface area contributed by atoms with Gasteiger partial charge in [0.25, 0.3) is 5.56 Å². The number of nitrogens with zero attached hydrogens (tertiary/aromatic N) is 4. The molecule has 0 aliphatic heterocycles. The average Bonchev–Trinajstić information content (AvgIpc) is 3.22. The minimum Gasteiger partial charge on any atom is -0.354 e. The Bertz CT molecular complexity index is 985. The lowest BCUT2D eigenvalue weighted by Crippen LogP contribution is -2.32. The Balaban J connectivity index is 1.99. The third-order valence-electron chi connectivity index (χ3n) is 4.42. The topological polar surface area (TPSA) is 81.3 Å². The predicted octanol–water partition coefficient (Wildman–Crippen LogP) is 2.61. The lowest BCUT2D eigenvalue weighted by Gasteiger charge is -2.12. The van der Waals surface area contributed by atoms with E-state index in [4.69, 9.17) is 0 Å². The maximum atomic E-state index is 12.8. The highest BCUT2D eigenvalue weighted by molar-refractivity contribution is 7.17. The second-order valence-corrected chi connectivity index (χ2v) is 7.99. The molecule has 3 aromatic heterocycles. The fraction of sp³-hybridized carbons (Fsp3) is 0.556. The van der Waals surface area contributed by atoms with Gasteiger partial charge in [0.1, 0.15) is 10.5 Å². The third kappa shape index (κ3) is 3.51. The number of hydrogen-bond donors (Lipinski definition) is 1. The van der Waals surface area contributed by atoms with E-state index in [-0.39, 0.29) is 17.5 Å². The van der Waals surface area contributed by atoms with Gasteiger partial charge in [-0.1, -0.05) is 20.8 Å². The zero-order chi connectivity index (χ0) is 18.8. The Morgan fingerprint density at radius 1 is 1.31 bits per heavy atom. The molecule has 8 heteroatoms. The van der Waals surface area contributed by atoms with Crippen molar-refractivity contribution in [1.29, 1.82) is 0 Å². The van der Waals surface area contributed by atoms with Crippen molar-refractivity contribution in [2.45, 2.75) is 59.5 Å². The number of fused-ring (bicyclic) bond motifs is 3. The molecule has 0 bridgehead atoms. The first-order chi connectivity index (χ1) is 12.4. The number of hydrogen-bond acceptors (Lipinski definition) is 5. The fourth-order valence-electron chi connectivity index (χ4n) is 2.95. The Morgan fingerprint density at radius 2 is 2.08 bits per heavy atom. The molecule has 0 spiro atoms. The van der Waals surface area contributed by atoms with Crippen LogP contribution in [0.4, 0.5) is 0 Å². The van der Waals surface area contributed by atoms with Crippen LogP contribution in [0.3, 0.4) is 0 Å². The van der Waals surface area contributed by atoms with Crippen molar-refractivity contribution in [3.8, 4) is 0 Å². The van der Waals surface area contributed by atoms with E-state index in [2.05, 4.69) is 29.4 Å². The molecule has 1 amide bonds. The first-order valence-corrected chi connectivity index (χ1v) is 9.93. The summed E-state index contributed by atoms with van der Waals surface area (Å²) in [4.78, 5) is 24.9. The van der Waals surface area contributed by atoms with E-state index in [9.17, 15) is 9.59 Å². The van der Waals surface area contributed by atoms with Gasteiger partial charge in [-0.3, -0.25) is 18.6 Å². The van der Waals surface area contributed by atoms with Crippen LogP contribution in [0.5, 0.6) is 0 Å². The summed E-state index contributed by atoms with van der Waals surface area (Å²) < 4.78 is 4.31. The number of carbonyl (C=O) groups is 1. The molecular weight excluding hydrogens is 350 g/mol. The van der Waals surface area contributed by atoms with Gasteiger partial charge in [0.05, 0.1) is 5.52 Å².